The van der Waals surface area contributed by atoms with Gasteiger partial charge in [0.15, 0.2) is 0 Å². The SMILES string of the molecule is CC(C)Cc1cc2c(s1)SCC(=O)N2CC(=O)NC1CCCC1. The molecular formula is C17H24N2O2S2. The highest BCUT2D eigenvalue weighted by Crippen LogP contribution is 2.42. The Morgan fingerprint density at radius 1 is 1.39 bits per heavy atom. The molecule has 0 spiro atoms. The third-order valence-corrected chi connectivity index (χ3v) is 6.69. The third kappa shape index (κ3) is 4.10. The highest BCUT2D eigenvalue weighted by molar-refractivity contribution is 8.02. The molecule has 1 fully saturated rings. The zero-order valence-electron chi connectivity index (χ0n) is 13.8. The van der Waals surface area contributed by atoms with Crippen LogP contribution in [0.4, 0.5) is 5.69 Å². The lowest BCUT2D eigenvalue weighted by Gasteiger charge is -2.26. The molecule has 6 heteroatoms. The highest BCUT2D eigenvalue weighted by Gasteiger charge is 2.29. The average Bonchev–Trinajstić information content (AvgIpc) is 3.10. The van der Waals surface area contributed by atoms with Gasteiger partial charge >= 0.3 is 0 Å². The van der Waals surface area contributed by atoms with Crippen LogP contribution in [0.3, 0.4) is 0 Å². The monoisotopic (exact) mass is 352 g/mol. The molecular weight excluding hydrogens is 328 g/mol. The molecule has 1 N–H and O–H groups in total. The van der Waals surface area contributed by atoms with Crippen molar-refractivity contribution in [2.24, 2.45) is 5.92 Å². The lowest BCUT2D eigenvalue weighted by Crippen LogP contribution is -2.45. The minimum Gasteiger partial charge on any atom is -0.352 e. The molecule has 2 amide bonds. The molecule has 1 aliphatic heterocycles. The molecule has 0 radical (unpaired) electrons. The van der Waals surface area contributed by atoms with Gasteiger partial charge in [-0.2, -0.15) is 0 Å². The molecule has 0 saturated heterocycles. The van der Waals surface area contributed by atoms with E-state index < -0.39 is 0 Å². The number of amides is 2. The van der Waals surface area contributed by atoms with E-state index in [4.69, 9.17) is 0 Å². The maximum atomic E-state index is 12.3. The molecule has 0 bridgehead atoms. The van der Waals surface area contributed by atoms with Crippen LogP contribution in [0.1, 0.15) is 44.4 Å². The number of rotatable bonds is 5. The van der Waals surface area contributed by atoms with Crippen molar-refractivity contribution in [2.75, 3.05) is 17.2 Å². The minimum atomic E-state index is -0.0280. The summed E-state index contributed by atoms with van der Waals surface area (Å²) in [5, 5.41) is 3.08. The van der Waals surface area contributed by atoms with Crippen molar-refractivity contribution in [3.05, 3.63) is 10.9 Å². The van der Waals surface area contributed by atoms with Gasteiger partial charge in [-0.3, -0.25) is 9.59 Å². The Balaban J connectivity index is 1.70. The van der Waals surface area contributed by atoms with Crippen molar-refractivity contribution < 1.29 is 9.59 Å². The highest BCUT2D eigenvalue weighted by atomic mass is 32.2. The fourth-order valence-corrected chi connectivity index (χ4v) is 5.77. The van der Waals surface area contributed by atoms with Gasteiger partial charge in [0.25, 0.3) is 0 Å². The second-order valence-corrected chi connectivity index (χ2v) is 9.18. The Labute approximate surface area is 146 Å². The number of thioether (sulfide) groups is 1. The Morgan fingerprint density at radius 3 is 2.83 bits per heavy atom. The number of nitrogens with one attached hydrogen (secondary N) is 1. The molecule has 0 aromatic carbocycles. The van der Waals surface area contributed by atoms with Gasteiger partial charge in [-0.1, -0.05) is 26.7 Å². The van der Waals surface area contributed by atoms with Crippen molar-refractivity contribution in [1.29, 1.82) is 0 Å². The van der Waals surface area contributed by atoms with E-state index in [0.29, 0.717) is 17.7 Å². The predicted molar refractivity (Wildman–Crippen MR) is 96.3 cm³/mol. The number of thiophene rings is 1. The summed E-state index contributed by atoms with van der Waals surface area (Å²) < 4.78 is 1.17. The Hall–Kier alpha value is -1.01. The molecule has 1 aromatic heterocycles. The molecule has 1 aliphatic carbocycles. The molecule has 1 saturated carbocycles. The molecule has 23 heavy (non-hydrogen) atoms. The van der Waals surface area contributed by atoms with Crippen LogP contribution in [-0.2, 0) is 16.0 Å². The Bertz CT molecular complexity index is 591. The molecule has 0 atom stereocenters. The van der Waals surface area contributed by atoms with Gasteiger partial charge in [0.1, 0.15) is 6.54 Å². The number of hydrogen-bond acceptors (Lipinski definition) is 4. The number of carbonyl (C=O) groups is 2. The smallest absolute Gasteiger partial charge is 0.240 e. The van der Waals surface area contributed by atoms with Gasteiger partial charge < -0.3 is 10.2 Å². The van der Waals surface area contributed by atoms with Crippen LogP contribution in [0.25, 0.3) is 0 Å². The standard InChI is InChI=1S/C17H24N2O2S2/c1-11(2)7-13-8-14-17(23-13)22-10-16(21)19(14)9-15(20)18-12-5-3-4-6-12/h8,11-12H,3-7,9-10H2,1-2H3,(H,18,20). The summed E-state index contributed by atoms with van der Waals surface area (Å²) in [5.74, 6) is 1.04. The summed E-state index contributed by atoms with van der Waals surface area (Å²) in [5.41, 5.74) is 0.938. The molecule has 1 aromatic rings. The zero-order valence-corrected chi connectivity index (χ0v) is 15.4. The lowest BCUT2D eigenvalue weighted by atomic mass is 10.1. The second kappa shape index (κ2) is 7.26. The number of nitrogens with zero attached hydrogens (tertiary/aromatic N) is 1. The van der Waals surface area contributed by atoms with E-state index in [0.717, 1.165) is 24.9 Å². The van der Waals surface area contributed by atoms with Crippen molar-refractivity contribution >= 4 is 40.6 Å². The van der Waals surface area contributed by atoms with E-state index in [1.54, 1.807) is 28.0 Å². The number of anilines is 1. The van der Waals surface area contributed by atoms with Gasteiger partial charge in [0.05, 0.1) is 15.6 Å². The summed E-state index contributed by atoms with van der Waals surface area (Å²) in [6, 6.07) is 2.41. The first-order chi connectivity index (χ1) is 11.0. The van der Waals surface area contributed by atoms with Crippen molar-refractivity contribution in [3.8, 4) is 0 Å². The van der Waals surface area contributed by atoms with Gasteiger partial charge in [-0.25, -0.2) is 0 Å². The summed E-state index contributed by atoms with van der Waals surface area (Å²) in [6.45, 7) is 4.55. The number of hydrogen-bond donors (Lipinski definition) is 1. The van der Waals surface area contributed by atoms with Gasteiger partial charge in [-0.05, 0) is 31.2 Å². The van der Waals surface area contributed by atoms with Gasteiger partial charge in [0, 0.05) is 10.9 Å². The second-order valence-electron chi connectivity index (χ2n) is 6.80. The molecule has 0 unspecified atom stereocenters. The number of carbonyl (C=O) groups excluding carboxylic acids is 2. The van der Waals surface area contributed by atoms with Crippen molar-refractivity contribution in [1.82, 2.24) is 5.32 Å². The van der Waals surface area contributed by atoms with Crippen LogP contribution in [0, 0.1) is 5.92 Å². The first kappa shape index (κ1) is 16.8. The van der Waals surface area contributed by atoms with Crippen LogP contribution in [-0.4, -0.2) is 30.2 Å². The van der Waals surface area contributed by atoms with E-state index in [2.05, 4.69) is 25.2 Å². The largest absolute Gasteiger partial charge is 0.352 e. The summed E-state index contributed by atoms with van der Waals surface area (Å²) in [4.78, 5) is 27.6. The maximum absolute atomic E-state index is 12.3. The summed E-state index contributed by atoms with van der Waals surface area (Å²) >= 11 is 3.37. The number of fused-ring (bicyclic) bond motifs is 1. The Morgan fingerprint density at radius 2 is 2.13 bits per heavy atom. The normalized spacial score (nSPS) is 18.6. The summed E-state index contributed by atoms with van der Waals surface area (Å²) in [7, 11) is 0. The topological polar surface area (TPSA) is 49.4 Å². The van der Waals surface area contributed by atoms with Crippen LogP contribution < -0.4 is 10.2 Å². The Kier molecular flexibility index (Phi) is 5.31. The van der Waals surface area contributed by atoms with Crippen molar-refractivity contribution in [2.45, 2.75) is 56.2 Å². The molecule has 2 heterocycles. The molecule has 3 rings (SSSR count). The minimum absolute atomic E-state index is 0.0280. The van der Waals surface area contributed by atoms with Gasteiger partial charge in [0.2, 0.25) is 11.8 Å². The lowest BCUT2D eigenvalue weighted by molar-refractivity contribution is -0.123. The van der Waals surface area contributed by atoms with Crippen LogP contribution in [0.2, 0.25) is 0 Å². The average molecular weight is 353 g/mol. The van der Waals surface area contributed by atoms with E-state index >= 15 is 0 Å². The van der Waals surface area contributed by atoms with E-state index in [-0.39, 0.29) is 18.4 Å². The quantitative estimate of drug-likeness (QED) is 0.883. The first-order valence-corrected chi connectivity index (χ1v) is 10.2. The van der Waals surface area contributed by atoms with Crippen molar-refractivity contribution in [3.63, 3.8) is 0 Å². The van der Waals surface area contributed by atoms with E-state index in [1.165, 1.54) is 21.9 Å². The van der Waals surface area contributed by atoms with Crippen LogP contribution in [0.5, 0.6) is 0 Å². The zero-order chi connectivity index (χ0) is 16.4. The van der Waals surface area contributed by atoms with Gasteiger partial charge in [-0.15, -0.1) is 23.1 Å². The maximum Gasteiger partial charge on any atom is 0.240 e. The van der Waals surface area contributed by atoms with E-state index in [1.807, 2.05) is 0 Å². The summed E-state index contributed by atoms with van der Waals surface area (Å²) in [6.07, 6.45) is 5.54. The first-order valence-electron chi connectivity index (χ1n) is 8.38. The fourth-order valence-electron chi connectivity index (χ4n) is 3.21. The van der Waals surface area contributed by atoms with Crippen LogP contribution in [0.15, 0.2) is 10.3 Å². The molecule has 4 nitrogen and oxygen atoms in total. The third-order valence-electron chi connectivity index (χ3n) is 4.28. The van der Waals surface area contributed by atoms with E-state index in [9.17, 15) is 9.59 Å². The van der Waals surface area contributed by atoms with Crippen LogP contribution >= 0.6 is 23.1 Å². The molecule has 126 valence electrons. The molecule has 2 aliphatic rings. The fraction of sp³-hybridized carbons (Fsp3) is 0.647. The predicted octanol–water partition coefficient (Wildman–Crippen LogP) is 3.44.